The van der Waals surface area contributed by atoms with Crippen molar-refractivity contribution < 1.29 is 17.9 Å². The van der Waals surface area contributed by atoms with Gasteiger partial charge in [-0.05, 0) is 37.1 Å². The number of nitrogens with zero attached hydrogens (tertiary/aromatic N) is 2. The molecular formula is C20H26N2O4S2. The number of rotatable bonds is 5. The Balaban J connectivity index is 0.00000136. The lowest BCUT2D eigenvalue weighted by Gasteiger charge is -2.20. The predicted molar refractivity (Wildman–Crippen MR) is 109 cm³/mol. The molecule has 0 saturated heterocycles. The maximum atomic E-state index is 12.8. The number of carbonyl (C=O) groups excluding carboxylic acids is 1. The van der Waals surface area contributed by atoms with Crippen LogP contribution >= 0.6 is 0 Å². The summed E-state index contributed by atoms with van der Waals surface area (Å²) in [6.45, 7) is 4.00. The van der Waals surface area contributed by atoms with Crippen LogP contribution in [0.5, 0.6) is 0 Å². The SMILES string of the molecule is CC.COC(=O)c1ccccc1S(=O)c1ccc(S(=O)C2CCCCC2)nn1. The second kappa shape index (κ2) is 11.2. The highest BCUT2D eigenvalue weighted by Crippen LogP contribution is 2.25. The van der Waals surface area contributed by atoms with Gasteiger partial charge in [0.2, 0.25) is 0 Å². The van der Waals surface area contributed by atoms with Crippen LogP contribution < -0.4 is 0 Å². The van der Waals surface area contributed by atoms with E-state index in [0.29, 0.717) is 9.92 Å². The molecule has 0 bridgehead atoms. The van der Waals surface area contributed by atoms with E-state index in [2.05, 4.69) is 10.2 Å². The van der Waals surface area contributed by atoms with Crippen molar-refractivity contribution >= 4 is 27.6 Å². The molecule has 1 aliphatic rings. The fourth-order valence-corrected chi connectivity index (χ4v) is 5.50. The van der Waals surface area contributed by atoms with Gasteiger partial charge in [0.1, 0.15) is 15.8 Å². The molecule has 1 aliphatic carbocycles. The molecule has 1 aromatic carbocycles. The van der Waals surface area contributed by atoms with Gasteiger partial charge in [-0.1, -0.05) is 45.2 Å². The Kier molecular flexibility index (Phi) is 8.92. The van der Waals surface area contributed by atoms with Gasteiger partial charge in [-0.2, -0.15) is 0 Å². The number of esters is 1. The van der Waals surface area contributed by atoms with Gasteiger partial charge in [-0.25, -0.2) is 9.00 Å². The lowest BCUT2D eigenvalue weighted by molar-refractivity contribution is 0.0596. The smallest absolute Gasteiger partial charge is 0.339 e. The van der Waals surface area contributed by atoms with Gasteiger partial charge in [-0.15, -0.1) is 10.2 Å². The normalized spacial score (nSPS) is 16.4. The summed E-state index contributed by atoms with van der Waals surface area (Å²) in [7, 11) is -1.60. The molecule has 1 aromatic heterocycles. The van der Waals surface area contributed by atoms with Gasteiger partial charge in [-0.3, -0.25) is 4.21 Å². The molecule has 0 spiro atoms. The Morgan fingerprint density at radius 3 is 2.18 bits per heavy atom. The minimum Gasteiger partial charge on any atom is -0.465 e. The summed E-state index contributed by atoms with van der Waals surface area (Å²) in [4.78, 5) is 12.2. The maximum absolute atomic E-state index is 12.8. The van der Waals surface area contributed by atoms with Crippen LogP contribution in [0.15, 0.2) is 51.3 Å². The molecule has 6 nitrogen and oxygen atoms in total. The first kappa shape index (κ1) is 22.4. The summed E-state index contributed by atoms with van der Waals surface area (Å²) in [5, 5.41) is 8.79. The second-order valence-corrected chi connectivity index (χ2v) is 9.10. The number of hydrogen-bond acceptors (Lipinski definition) is 6. The summed E-state index contributed by atoms with van der Waals surface area (Å²) in [6, 6.07) is 9.70. The number of benzene rings is 1. The Bertz CT molecular complexity index is 834. The monoisotopic (exact) mass is 422 g/mol. The molecule has 2 aromatic rings. The minimum absolute atomic E-state index is 0.120. The second-order valence-electron chi connectivity index (χ2n) is 6.02. The fraction of sp³-hybridized carbons (Fsp3) is 0.450. The Morgan fingerprint density at radius 1 is 0.964 bits per heavy atom. The van der Waals surface area contributed by atoms with Crippen LogP contribution in [0.3, 0.4) is 0 Å². The zero-order valence-electron chi connectivity index (χ0n) is 16.4. The van der Waals surface area contributed by atoms with Crippen molar-refractivity contribution in [1.29, 1.82) is 0 Å². The van der Waals surface area contributed by atoms with Gasteiger partial charge in [0.15, 0.2) is 5.03 Å². The molecule has 3 rings (SSSR count). The molecule has 0 aliphatic heterocycles. The maximum Gasteiger partial charge on any atom is 0.339 e. The lowest BCUT2D eigenvalue weighted by atomic mass is 10.0. The third kappa shape index (κ3) is 5.32. The van der Waals surface area contributed by atoms with Crippen LogP contribution in [0, 0.1) is 0 Å². The summed E-state index contributed by atoms with van der Waals surface area (Å²) in [6.07, 6.45) is 5.26. The molecule has 1 fully saturated rings. The lowest BCUT2D eigenvalue weighted by Crippen LogP contribution is -2.20. The molecule has 28 heavy (non-hydrogen) atoms. The van der Waals surface area contributed by atoms with Crippen LogP contribution in [0.4, 0.5) is 0 Å². The van der Waals surface area contributed by atoms with Crippen molar-refractivity contribution in [3.8, 4) is 0 Å². The molecule has 0 amide bonds. The largest absolute Gasteiger partial charge is 0.465 e. The van der Waals surface area contributed by atoms with E-state index >= 15 is 0 Å². The third-order valence-corrected chi connectivity index (χ3v) is 7.42. The van der Waals surface area contributed by atoms with Crippen LogP contribution in [-0.2, 0) is 26.3 Å². The first-order valence-corrected chi connectivity index (χ1v) is 11.8. The first-order chi connectivity index (χ1) is 13.6. The number of carbonyl (C=O) groups is 1. The average Bonchev–Trinajstić information content (AvgIpc) is 2.79. The van der Waals surface area contributed by atoms with E-state index < -0.39 is 27.6 Å². The Morgan fingerprint density at radius 2 is 1.57 bits per heavy atom. The Labute approximate surface area is 171 Å². The molecular weight excluding hydrogens is 396 g/mol. The summed E-state index contributed by atoms with van der Waals surface area (Å²) in [5.74, 6) is -0.558. The minimum atomic E-state index is -1.68. The van der Waals surface area contributed by atoms with Gasteiger partial charge in [0.05, 0.1) is 28.4 Å². The number of methoxy groups -OCH3 is 1. The van der Waals surface area contributed by atoms with E-state index in [4.69, 9.17) is 4.74 Å². The molecule has 0 N–H and O–H groups in total. The van der Waals surface area contributed by atoms with Crippen molar-refractivity contribution in [2.24, 2.45) is 0 Å². The van der Waals surface area contributed by atoms with Gasteiger partial charge >= 0.3 is 5.97 Å². The van der Waals surface area contributed by atoms with Crippen LogP contribution in [0.2, 0.25) is 0 Å². The van der Waals surface area contributed by atoms with E-state index in [1.807, 2.05) is 13.8 Å². The summed E-state index contributed by atoms with van der Waals surface area (Å²) in [5.41, 5.74) is 0.227. The molecule has 1 heterocycles. The molecule has 2 atom stereocenters. The number of ether oxygens (including phenoxy) is 1. The predicted octanol–water partition coefficient (Wildman–Crippen LogP) is 3.90. The zero-order chi connectivity index (χ0) is 20.5. The van der Waals surface area contributed by atoms with Crippen LogP contribution in [0.1, 0.15) is 56.3 Å². The zero-order valence-corrected chi connectivity index (χ0v) is 18.1. The molecule has 8 heteroatoms. The average molecular weight is 423 g/mol. The quantitative estimate of drug-likeness (QED) is 0.679. The van der Waals surface area contributed by atoms with E-state index in [0.717, 1.165) is 25.7 Å². The molecule has 0 radical (unpaired) electrons. The molecule has 1 saturated carbocycles. The van der Waals surface area contributed by atoms with E-state index in [9.17, 15) is 13.2 Å². The fourth-order valence-electron chi connectivity index (χ4n) is 2.98. The van der Waals surface area contributed by atoms with Crippen molar-refractivity contribution in [1.82, 2.24) is 10.2 Å². The highest BCUT2D eigenvalue weighted by Gasteiger charge is 2.23. The molecule has 152 valence electrons. The van der Waals surface area contributed by atoms with E-state index in [1.54, 1.807) is 36.4 Å². The number of aromatic nitrogens is 2. The summed E-state index contributed by atoms with van der Waals surface area (Å²) >= 11 is 0. The Hall–Kier alpha value is -1.93. The first-order valence-electron chi connectivity index (χ1n) is 9.45. The highest BCUT2D eigenvalue weighted by molar-refractivity contribution is 7.85. The van der Waals surface area contributed by atoms with Crippen LogP contribution in [-0.4, -0.2) is 36.9 Å². The van der Waals surface area contributed by atoms with Crippen molar-refractivity contribution in [3.05, 3.63) is 42.0 Å². The van der Waals surface area contributed by atoms with Gasteiger partial charge in [0, 0.05) is 5.25 Å². The molecule has 2 unspecified atom stereocenters. The van der Waals surface area contributed by atoms with Crippen molar-refractivity contribution in [3.63, 3.8) is 0 Å². The van der Waals surface area contributed by atoms with Crippen LogP contribution in [0.25, 0.3) is 0 Å². The van der Waals surface area contributed by atoms with Gasteiger partial charge in [0.25, 0.3) is 0 Å². The third-order valence-electron chi connectivity index (χ3n) is 4.36. The topological polar surface area (TPSA) is 86.2 Å². The highest BCUT2D eigenvalue weighted by atomic mass is 32.2. The standard InChI is InChI=1S/C18H20N2O4S2.C2H6/c1-24-18(21)14-9-5-6-10-15(14)26(23)17-12-11-16(19-20-17)25(22)13-7-3-2-4-8-13;1-2/h5-6,9-13H,2-4,7-8H2,1H3;1-2H3. The van der Waals surface area contributed by atoms with Crippen molar-refractivity contribution in [2.45, 2.75) is 66.1 Å². The van der Waals surface area contributed by atoms with Crippen molar-refractivity contribution in [2.75, 3.05) is 7.11 Å². The van der Waals surface area contributed by atoms with Gasteiger partial charge < -0.3 is 4.74 Å². The number of hydrogen-bond donors (Lipinski definition) is 0. The summed E-state index contributed by atoms with van der Waals surface area (Å²) < 4.78 is 30.1. The van der Waals surface area contributed by atoms with E-state index in [-0.39, 0.29) is 15.8 Å². The van der Waals surface area contributed by atoms with E-state index in [1.165, 1.54) is 13.5 Å².